The quantitative estimate of drug-likeness (QED) is 0.796. The maximum absolute atomic E-state index is 12.6. The Labute approximate surface area is 114 Å². The van der Waals surface area contributed by atoms with Crippen LogP contribution < -0.4 is 16.8 Å². The van der Waals surface area contributed by atoms with Gasteiger partial charge in [-0.3, -0.25) is 4.79 Å². The molecule has 2 unspecified atom stereocenters. The first-order valence-electron chi connectivity index (χ1n) is 6.32. The van der Waals surface area contributed by atoms with Crippen LogP contribution in [0.15, 0.2) is 18.2 Å². The van der Waals surface area contributed by atoms with Gasteiger partial charge >= 0.3 is 6.18 Å². The number of carbonyl (C=O) groups excluding carboxylic acids is 1. The van der Waals surface area contributed by atoms with Crippen LogP contribution >= 0.6 is 0 Å². The van der Waals surface area contributed by atoms with E-state index >= 15 is 0 Å². The van der Waals surface area contributed by atoms with Crippen molar-refractivity contribution in [2.45, 2.75) is 37.5 Å². The molecule has 2 atom stereocenters. The summed E-state index contributed by atoms with van der Waals surface area (Å²) < 4.78 is 37.9. The van der Waals surface area contributed by atoms with Gasteiger partial charge in [0.1, 0.15) is 0 Å². The van der Waals surface area contributed by atoms with E-state index in [2.05, 4.69) is 5.32 Å². The molecule has 20 heavy (non-hydrogen) atoms. The fraction of sp³-hybridized carbons (Fsp3) is 0.462. The average Bonchev–Trinajstić information content (AvgIpc) is 2.74. The highest BCUT2D eigenvalue weighted by Crippen LogP contribution is 2.32. The Hall–Kier alpha value is -1.76. The lowest BCUT2D eigenvalue weighted by molar-refractivity contribution is -0.137. The lowest BCUT2D eigenvalue weighted by Gasteiger charge is -2.21. The molecule has 2 rings (SSSR count). The summed E-state index contributed by atoms with van der Waals surface area (Å²) in [7, 11) is 0. The van der Waals surface area contributed by atoms with Crippen LogP contribution in [0, 0.1) is 0 Å². The number of carbonyl (C=O) groups is 1. The Balaban J connectivity index is 2.31. The fourth-order valence-corrected chi connectivity index (χ4v) is 2.42. The predicted octanol–water partition coefficient (Wildman–Crippen LogP) is 2.10. The second-order valence-corrected chi connectivity index (χ2v) is 4.97. The highest BCUT2D eigenvalue weighted by atomic mass is 19.4. The van der Waals surface area contributed by atoms with E-state index in [-0.39, 0.29) is 17.6 Å². The summed E-state index contributed by atoms with van der Waals surface area (Å²) >= 11 is 0. The van der Waals surface area contributed by atoms with Gasteiger partial charge in [-0.2, -0.15) is 13.2 Å². The predicted molar refractivity (Wildman–Crippen MR) is 69.2 cm³/mol. The monoisotopic (exact) mass is 287 g/mol. The molecule has 1 aromatic rings. The number of rotatable bonds is 3. The highest BCUT2D eigenvalue weighted by Gasteiger charge is 2.32. The first kappa shape index (κ1) is 14.6. The van der Waals surface area contributed by atoms with Crippen molar-refractivity contribution in [1.82, 2.24) is 0 Å². The third-order valence-corrected chi connectivity index (χ3v) is 3.52. The first-order chi connectivity index (χ1) is 9.29. The van der Waals surface area contributed by atoms with Crippen molar-refractivity contribution >= 4 is 11.6 Å². The van der Waals surface area contributed by atoms with Crippen LogP contribution in [0.3, 0.4) is 0 Å². The number of nitrogens with one attached hydrogen (secondary N) is 1. The van der Waals surface area contributed by atoms with Gasteiger partial charge in [0.05, 0.1) is 11.1 Å². The molecule has 1 aromatic carbocycles. The molecule has 7 heteroatoms. The number of halogens is 3. The minimum absolute atomic E-state index is 0.0511. The Morgan fingerprint density at radius 3 is 2.50 bits per heavy atom. The standard InChI is InChI=1S/C13H16F3N3O/c14-13(15,16)7-4-5-10(8(6-7)12(18)20)19-11-3-1-2-9(11)17/h4-6,9,11,19H,1-3,17H2,(H2,18,20). The lowest BCUT2D eigenvalue weighted by Crippen LogP contribution is -2.35. The third kappa shape index (κ3) is 3.04. The van der Waals surface area contributed by atoms with Gasteiger partial charge in [0.25, 0.3) is 5.91 Å². The van der Waals surface area contributed by atoms with Crippen LogP contribution in [0.5, 0.6) is 0 Å². The normalized spacial score (nSPS) is 22.8. The summed E-state index contributed by atoms with van der Waals surface area (Å²) in [5, 5.41) is 3.03. The minimum Gasteiger partial charge on any atom is -0.380 e. The molecule has 1 aliphatic rings. The lowest BCUT2D eigenvalue weighted by atomic mass is 10.1. The van der Waals surface area contributed by atoms with Crippen LogP contribution in [-0.4, -0.2) is 18.0 Å². The van der Waals surface area contributed by atoms with E-state index in [1.807, 2.05) is 0 Å². The Morgan fingerprint density at radius 2 is 2.00 bits per heavy atom. The van der Waals surface area contributed by atoms with Gasteiger partial charge < -0.3 is 16.8 Å². The molecular weight excluding hydrogens is 271 g/mol. The first-order valence-corrected chi connectivity index (χ1v) is 6.32. The average molecular weight is 287 g/mol. The summed E-state index contributed by atoms with van der Waals surface area (Å²) in [5.41, 5.74) is 10.3. The molecule has 0 aliphatic heterocycles. The summed E-state index contributed by atoms with van der Waals surface area (Å²) in [4.78, 5) is 11.3. The molecule has 0 saturated heterocycles. The molecule has 110 valence electrons. The van der Waals surface area contributed by atoms with E-state index < -0.39 is 17.6 Å². The van der Waals surface area contributed by atoms with E-state index in [1.165, 1.54) is 6.07 Å². The number of nitrogens with two attached hydrogens (primary N) is 2. The van der Waals surface area contributed by atoms with Gasteiger partial charge in [-0.25, -0.2) is 0 Å². The van der Waals surface area contributed by atoms with Crippen molar-refractivity contribution in [3.05, 3.63) is 29.3 Å². The van der Waals surface area contributed by atoms with E-state index in [4.69, 9.17) is 11.5 Å². The summed E-state index contributed by atoms with van der Waals surface area (Å²) in [6, 6.07) is 2.80. The van der Waals surface area contributed by atoms with Crippen molar-refractivity contribution in [2.24, 2.45) is 11.5 Å². The largest absolute Gasteiger partial charge is 0.416 e. The highest BCUT2D eigenvalue weighted by molar-refractivity contribution is 5.98. The Kier molecular flexibility index (Phi) is 3.89. The van der Waals surface area contributed by atoms with E-state index in [9.17, 15) is 18.0 Å². The van der Waals surface area contributed by atoms with E-state index in [1.54, 1.807) is 0 Å². The van der Waals surface area contributed by atoms with Crippen molar-refractivity contribution < 1.29 is 18.0 Å². The molecule has 4 nitrogen and oxygen atoms in total. The third-order valence-electron chi connectivity index (χ3n) is 3.52. The van der Waals surface area contributed by atoms with Crippen LogP contribution in [0.25, 0.3) is 0 Å². The maximum Gasteiger partial charge on any atom is 0.416 e. The van der Waals surface area contributed by atoms with Crippen LogP contribution in [-0.2, 0) is 6.18 Å². The number of hydrogen-bond donors (Lipinski definition) is 3. The second-order valence-electron chi connectivity index (χ2n) is 4.97. The Bertz CT molecular complexity index is 516. The molecule has 1 aliphatic carbocycles. The van der Waals surface area contributed by atoms with E-state index in [0.29, 0.717) is 5.69 Å². The van der Waals surface area contributed by atoms with Gasteiger partial charge in [-0.15, -0.1) is 0 Å². The smallest absolute Gasteiger partial charge is 0.380 e. The second kappa shape index (κ2) is 5.32. The van der Waals surface area contributed by atoms with Gasteiger partial charge in [0, 0.05) is 17.8 Å². The van der Waals surface area contributed by atoms with Gasteiger partial charge in [0.15, 0.2) is 0 Å². The van der Waals surface area contributed by atoms with Crippen LogP contribution in [0.1, 0.15) is 35.2 Å². The van der Waals surface area contributed by atoms with Gasteiger partial charge in [-0.1, -0.05) is 0 Å². The number of alkyl halides is 3. The molecule has 1 fully saturated rings. The SMILES string of the molecule is NC(=O)c1cc(C(F)(F)F)ccc1NC1CCCC1N. The molecule has 0 bridgehead atoms. The minimum atomic E-state index is -4.51. The molecule has 0 spiro atoms. The Morgan fingerprint density at radius 1 is 1.30 bits per heavy atom. The fourth-order valence-electron chi connectivity index (χ4n) is 2.42. The van der Waals surface area contributed by atoms with Gasteiger partial charge in [0.2, 0.25) is 0 Å². The topological polar surface area (TPSA) is 81.1 Å². The number of benzene rings is 1. The molecule has 0 heterocycles. The maximum atomic E-state index is 12.6. The van der Waals surface area contributed by atoms with Crippen molar-refractivity contribution in [1.29, 1.82) is 0 Å². The molecular formula is C13H16F3N3O. The summed E-state index contributed by atoms with van der Waals surface area (Å²) in [5.74, 6) is -0.898. The summed E-state index contributed by atoms with van der Waals surface area (Å²) in [6.07, 6.45) is -1.89. The molecule has 1 saturated carbocycles. The molecule has 0 radical (unpaired) electrons. The zero-order valence-corrected chi connectivity index (χ0v) is 10.7. The number of amides is 1. The van der Waals surface area contributed by atoms with Crippen molar-refractivity contribution in [2.75, 3.05) is 5.32 Å². The van der Waals surface area contributed by atoms with Gasteiger partial charge in [-0.05, 0) is 37.5 Å². The molecule has 1 amide bonds. The summed E-state index contributed by atoms with van der Waals surface area (Å²) in [6.45, 7) is 0. The zero-order chi connectivity index (χ0) is 14.9. The molecule has 0 aromatic heterocycles. The van der Waals surface area contributed by atoms with Crippen LogP contribution in [0.4, 0.5) is 18.9 Å². The van der Waals surface area contributed by atoms with E-state index in [0.717, 1.165) is 31.4 Å². The van der Waals surface area contributed by atoms with Crippen LogP contribution in [0.2, 0.25) is 0 Å². The number of hydrogen-bond acceptors (Lipinski definition) is 3. The number of primary amides is 1. The zero-order valence-electron chi connectivity index (χ0n) is 10.7. The van der Waals surface area contributed by atoms with Crippen molar-refractivity contribution in [3.8, 4) is 0 Å². The number of anilines is 1. The molecule has 5 N–H and O–H groups in total. The van der Waals surface area contributed by atoms with Crippen molar-refractivity contribution in [3.63, 3.8) is 0 Å².